The summed E-state index contributed by atoms with van der Waals surface area (Å²) in [4.78, 5) is 40.7. The molecule has 184 valence electrons. The zero-order valence-corrected chi connectivity index (χ0v) is 18.8. The minimum Gasteiger partial charge on any atom is -0.455 e. The van der Waals surface area contributed by atoms with E-state index in [1.807, 2.05) is 0 Å². The monoisotopic (exact) mass is 489 g/mol. The third-order valence-electron chi connectivity index (χ3n) is 5.79. The molecular weight excluding hydrogens is 467 g/mol. The average molecular weight is 489 g/mol. The van der Waals surface area contributed by atoms with Gasteiger partial charge in [0.05, 0.1) is 18.7 Å². The van der Waals surface area contributed by atoms with Crippen molar-refractivity contribution in [2.45, 2.75) is 31.7 Å². The fourth-order valence-corrected chi connectivity index (χ4v) is 3.96. The number of anilines is 1. The number of fused-ring (bicyclic) bond motifs is 1. The number of carbonyl (C=O) groups is 2. The van der Waals surface area contributed by atoms with E-state index >= 15 is 0 Å². The molecule has 0 spiro atoms. The Morgan fingerprint density at radius 2 is 1.89 bits per heavy atom. The van der Waals surface area contributed by atoms with Gasteiger partial charge in [0.15, 0.2) is 6.10 Å². The summed E-state index contributed by atoms with van der Waals surface area (Å²) in [7, 11) is 0. The van der Waals surface area contributed by atoms with Crippen molar-refractivity contribution in [2.75, 3.05) is 18.0 Å². The number of hydrogen-bond donors (Lipinski definition) is 2. The van der Waals surface area contributed by atoms with Gasteiger partial charge in [-0.05, 0) is 43.5 Å². The van der Waals surface area contributed by atoms with Crippen LogP contribution < -0.4 is 16.2 Å². The molecule has 4 rings (SSSR count). The summed E-state index contributed by atoms with van der Waals surface area (Å²) in [6, 6.07) is 11.0. The molecule has 1 aliphatic rings. The highest BCUT2D eigenvalue weighted by molar-refractivity contribution is 5.95. The molecule has 1 fully saturated rings. The van der Waals surface area contributed by atoms with Crippen LogP contribution in [0.5, 0.6) is 0 Å². The topological polar surface area (TPSA) is 115 Å². The minimum absolute atomic E-state index is 0.0206. The quantitative estimate of drug-likeness (QED) is 0.527. The van der Waals surface area contributed by atoms with Gasteiger partial charge in [0.2, 0.25) is 0 Å². The van der Waals surface area contributed by atoms with Crippen LogP contribution in [0.2, 0.25) is 0 Å². The van der Waals surface area contributed by atoms with E-state index in [0.29, 0.717) is 11.1 Å². The summed E-state index contributed by atoms with van der Waals surface area (Å²) in [5, 5.41) is 0.576. The summed E-state index contributed by atoms with van der Waals surface area (Å²) in [5.74, 6) is -0.648. The predicted octanol–water partition coefficient (Wildman–Crippen LogP) is 3.82. The number of ether oxygens (including phenoxy) is 2. The van der Waals surface area contributed by atoms with Crippen molar-refractivity contribution in [2.24, 2.45) is 5.73 Å². The number of carbonyl (C=O) groups excluding carboxylic acids is 2. The molecule has 11 heteroatoms. The normalized spacial score (nSPS) is 16.5. The number of H-pyrrole nitrogens is 1. The first kappa shape index (κ1) is 24.3. The molecule has 1 atom stereocenters. The van der Waals surface area contributed by atoms with Gasteiger partial charge in [-0.25, -0.2) is 4.79 Å². The molecule has 3 aromatic rings. The van der Waals surface area contributed by atoms with E-state index in [1.54, 1.807) is 26.0 Å². The highest BCUT2D eigenvalue weighted by Crippen LogP contribution is 2.37. The maximum Gasteiger partial charge on any atom is 0.417 e. The Morgan fingerprint density at radius 1 is 1.17 bits per heavy atom. The van der Waals surface area contributed by atoms with Gasteiger partial charge in [-0.1, -0.05) is 24.3 Å². The predicted molar refractivity (Wildman–Crippen MR) is 122 cm³/mol. The lowest BCUT2D eigenvalue weighted by Crippen LogP contribution is -2.44. The molecule has 2 heterocycles. The zero-order valence-electron chi connectivity index (χ0n) is 18.8. The Bertz CT molecular complexity index is 1370. The number of pyridine rings is 1. The smallest absolute Gasteiger partial charge is 0.417 e. The van der Waals surface area contributed by atoms with Crippen LogP contribution in [0, 0.1) is 0 Å². The summed E-state index contributed by atoms with van der Waals surface area (Å²) < 4.78 is 51.0. The number of amides is 1. The number of nitrogens with one attached hydrogen (secondary N) is 1. The second-order valence-electron chi connectivity index (χ2n) is 8.59. The van der Waals surface area contributed by atoms with Crippen LogP contribution in [0.15, 0.2) is 53.3 Å². The third kappa shape index (κ3) is 4.72. The molecule has 3 N–H and O–H groups in total. The number of esters is 1. The lowest BCUT2D eigenvalue weighted by molar-refractivity contribution is -0.163. The van der Waals surface area contributed by atoms with Crippen LogP contribution in [0.25, 0.3) is 22.0 Å². The first-order valence-corrected chi connectivity index (χ1v) is 10.6. The van der Waals surface area contributed by atoms with Crippen molar-refractivity contribution in [3.63, 3.8) is 0 Å². The first-order valence-electron chi connectivity index (χ1n) is 10.6. The van der Waals surface area contributed by atoms with E-state index in [0.717, 1.165) is 6.07 Å². The molecule has 0 aliphatic carbocycles. The molecule has 0 bridgehead atoms. The molecule has 0 saturated carbocycles. The van der Waals surface area contributed by atoms with Gasteiger partial charge in [0.1, 0.15) is 5.60 Å². The molecule has 0 unspecified atom stereocenters. The minimum atomic E-state index is -4.59. The Balaban J connectivity index is 1.67. The Kier molecular flexibility index (Phi) is 6.05. The molecule has 1 saturated heterocycles. The molecule has 0 radical (unpaired) electrons. The highest BCUT2D eigenvalue weighted by atomic mass is 19.4. The summed E-state index contributed by atoms with van der Waals surface area (Å²) in [6.45, 7) is 2.90. The van der Waals surface area contributed by atoms with Gasteiger partial charge in [0, 0.05) is 22.3 Å². The van der Waals surface area contributed by atoms with Gasteiger partial charge in [0.25, 0.3) is 5.56 Å². The lowest BCUT2D eigenvalue weighted by atomic mass is 10.0. The van der Waals surface area contributed by atoms with Crippen LogP contribution in [0.4, 0.5) is 23.7 Å². The second-order valence-corrected chi connectivity index (χ2v) is 8.59. The van der Waals surface area contributed by atoms with Crippen molar-refractivity contribution in [3.05, 3.63) is 64.4 Å². The van der Waals surface area contributed by atoms with E-state index in [2.05, 4.69) is 4.98 Å². The Morgan fingerprint density at radius 3 is 2.57 bits per heavy atom. The van der Waals surface area contributed by atoms with Gasteiger partial charge in [-0.15, -0.1) is 0 Å². The number of nitrogens with zero attached hydrogens (tertiary/aromatic N) is 1. The second kappa shape index (κ2) is 8.73. The number of halogens is 3. The SMILES string of the molecule is CC(C)(OC(=O)CN)[C@@H]1CN(c2ccc3cc(-c4ccccc4C(F)(F)F)[nH]c(=O)c3c2)C(=O)O1. The van der Waals surface area contributed by atoms with Gasteiger partial charge >= 0.3 is 18.2 Å². The molecule has 2 aromatic carbocycles. The number of hydrogen-bond acceptors (Lipinski definition) is 6. The number of rotatable bonds is 5. The van der Waals surface area contributed by atoms with Gasteiger partial charge in [-0.3, -0.25) is 14.5 Å². The van der Waals surface area contributed by atoms with E-state index in [1.165, 1.54) is 35.2 Å². The van der Waals surface area contributed by atoms with Crippen LogP contribution in [-0.4, -0.2) is 41.8 Å². The number of alkyl halides is 3. The van der Waals surface area contributed by atoms with E-state index < -0.39 is 41.1 Å². The average Bonchev–Trinajstić information content (AvgIpc) is 3.20. The summed E-state index contributed by atoms with van der Waals surface area (Å²) >= 11 is 0. The van der Waals surface area contributed by atoms with Crippen molar-refractivity contribution in [3.8, 4) is 11.3 Å². The molecule has 1 amide bonds. The van der Waals surface area contributed by atoms with Gasteiger partial charge < -0.3 is 20.2 Å². The third-order valence-corrected chi connectivity index (χ3v) is 5.79. The van der Waals surface area contributed by atoms with Crippen LogP contribution >= 0.6 is 0 Å². The molecule has 1 aromatic heterocycles. The number of nitrogens with two attached hydrogens (primary N) is 1. The number of benzene rings is 2. The Labute approximate surface area is 197 Å². The molecular formula is C24H22F3N3O5. The van der Waals surface area contributed by atoms with Crippen LogP contribution in [0.3, 0.4) is 0 Å². The largest absolute Gasteiger partial charge is 0.455 e. The van der Waals surface area contributed by atoms with E-state index in [9.17, 15) is 27.6 Å². The molecule has 35 heavy (non-hydrogen) atoms. The first-order chi connectivity index (χ1) is 16.4. The fourth-order valence-electron chi connectivity index (χ4n) is 3.96. The van der Waals surface area contributed by atoms with Crippen LogP contribution in [-0.2, 0) is 20.4 Å². The highest BCUT2D eigenvalue weighted by Gasteiger charge is 2.44. The number of cyclic esters (lactones) is 1. The standard InChI is InChI=1S/C24H22F3N3O5/c1-23(2,35-20(31)11-28)19-12-30(22(33)34-19)14-8-7-13-9-18(29-21(32)16(13)10-14)15-5-3-4-6-17(15)24(25,26)27/h3-10,19H,11-12,28H2,1-2H3,(H,29,32)/t19-/m0/s1. The van der Waals surface area contributed by atoms with E-state index in [-0.39, 0.29) is 29.7 Å². The maximum absolute atomic E-state index is 13.4. The molecule has 8 nitrogen and oxygen atoms in total. The fraction of sp³-hybridized carbons (Fsp3) is 0.292. The zero-order chi connectivity index (χ0) is 25.5. The summed E-state index contributed by atoms with van der Waals surface area (Å²) in [5.41, 5.74) is 2.88. The van der Waals surface area contributed by atoms with Crippen molar-refractivity contribution >= 4 is 28.5 Å². The summed E-state index contributed by atoms with van der Waals surface area (Å²) in [6.07, 6.45) is -6.08. The number of aromatic amines is 1. The van der Waals surface area contributed by atoms with Crippen molar-refractivity contribution in [1.29, 1.82) is 0 Å². The molecule has 1 aliphatic heterocycles. The maximum atomic E-state index is 13.4. The van der Waals surface area contributed by atoms with E-state index in [4.69, 9.17) is 15.2 Å². The number of aromatic nitrogens is 1. The van der Waals surface area contributed by atoms with Crippen LogP contribution in [0.1, 0.15) is 19.4 Å². The Hall–Kier alpha value is -3.86. The van der Waals surface area contributed by atoms with Crippen molar-refractivity contribution < 1.29 is 32.2 Å². The lowest BCUT2D eigenvalue weighted by Gasteiger charge is -2.29. The van der Waals surface area contributed by atoms with Gasteiger partial charge in [-0.2, -0.15) is 13.2 Å². The van der Waals surface area contributed by atoms with Crippen molar-refractivity contribution in [1.82, 2.24) is 4.98 Å².